The van der Waals surface area contributed by atoms with Gasteiger partial charge < -0.3 is 14.2 Å². The zero-order valence-electron chi connectivity index (χ0n) is 14.0. The second-order valence-corrected chi connectivity index (χ2v) is 4.92. The Morgan fingerprint density at radius 1 is 1.00 bits per heavy atom. The molecule has 7 nitrogen and oxygen atoms in total. The van der Waals surface area contributed by atoms with E-state index in [1.807, 2.05) is 0 Å². The molecule has 2 aromatic carbocycles. The summed E-state index contributed by atoms with van der Waals surface area (Å²) in [6.07, 6.45) is 2.77. The maximum absolute atomic E-state index is 12.3. The van der Waals surface area contributed by atoms with Crippen molar-refractivity contribution in [2.24, 2.45) is 0 Å². The number of ether oxygens (including phenoxy) is 3. The van der Waals surface area contributed by atoms with E-state index in [0.717, 1.165) is 0 Å². The molecule has 2 rings (SSSR count). The maximum Gasteiger partial charge on any atom is 0.280 e. The number of ketones is 1. The summed E-state index contributed by atoms with van der Waals surface area (Å²) in [5.41, 5.74) is 0.353. The first kappa shape index (κ1) is 18.0. The number of nitro benzene ring substituents is 1. The first-order valence-electron chi connectivity index (χ1n) is 7.27. The number of hydrogen-bond donors (Lipinski definition) is 0. The second kappa shape index (κ2) is 7.96. The number of nitrogens with zero attached hydrogens (tertiary/aromatic N) is 1. The van der Waals surface area contributed by atoms with E-state index in [1.54, 1.807) is 18.2 Å². The molecule has 0 saturated carbocycles. The number of methoxy groups -OCH3 is 3. The molecule has 0 aliphatic carbocycles. The standard InChI is InChI=1S/C18H17NO6/c1-23-16-11-18(25-3)17(24-2)10-12(16)8-9-15(20)13-6-4-5-7-14(13)19(21)22/h4-11H,1-3H3/b9-8+. The minimum absolute atomic E-state index is 0.0168. The van der Waals surface area contributed by atoms with Gasteiger partial charge in [0.15, 0.2) is 17.3 Å². The number of benzene rings is 2. The van der Waals surface area contributed by atoms with Crippen LogP contribution in [0.2, 0.25) is 0 Å². The number of carbonyl (C=O) groups excluding carboxylic acids is 1. The molecule has 0 aromatic heterocycles. The second-order valence-electron chi connectivity index (χ2n) is 4.92. The first-order valence-corrected chi connectivity index (χ1v) is 7.27. The van der Waals surface area contributed by atoms with Crippen molar-refractivity contribution in [1.82, 2.24) is 0 Å². The summed E-state index contributed by atoms with van der Waals surface area (Å²) in [4.78, 5) is 22.8. The molecule has 130 valence electrons. The van der Waals surface area contributed by atoms with Gasteiger partial charge in [0.2, 0.25) is 0 Å². The lowest BCUT2D eigenvalue weighted by molar-refractivity contribution is -0.385. The molecule has 0 radical (unpaired) electrons. The summed E-state index contributed by atoms with van der Waals surface area (Å²) < 4.78 is 15.7. The fourth-order valence-corrected chi connectivity index (χ4v) is 2.28. The van der Waals surface area contributed by atoms with Gasteiger partial charge in [0.1, 0.15) is 5.75 Å². The van der Waals surface area contributed by atoms with Gasteiger partial charge in [0, 0.05) is 17.7 Å². The van der Waals surface area contributed by atoms with Gasteiger partial charge >= 0.3 is 0 Å². The van der Waals surface area contributed by atoms with E-state index in [1.165, 1.54) is 51.7 Å². The Morgan fingerprint density at radius 2 is 1.60 bits per heavy atom. The lowest BCUT2D eigenvalue weighted by atomic mass is 10.1. The van der Waals surface area contributed by atoms with Crippen LogP contribution in [0.25, 0.3) is 6.08 Å². The van der Waals surface area contributed by atoms with Crippen LogP contribution in [0.1, 0.15) is 15.9 Å². The Bertz CT molecular complexity index is 828. The highest BCUT2D eigenvalue weighted by molar-refractivity contribution is 6.09. The molecule has 2 aromatic rings. The van der Waals surface area contributed by atoms with Crippen LogP contribution in [0.3, 0.4) is 0 Å². The molecule has 0 spiro atoms. The lowest BCUT2D eigenvalue weighted by Gasteiger charge is -2.12. The number of hydrogen-bond acceptors (Lipinski definition) is 6. The van der Waals surface area contributed by atoms with Gasteiger partial charge in [-0.2, -0.15) is 0 Å². The zero-order valence-corrected chi connectivity index (χ0v) is 14.0. The Labute approximate surface area is 144 Å². The average Bonchev–Trinajstić information content (AvgIpc) is 2.65. The van der Waals surface area contributed by atoms with Crippen LogP contribution < -0.4 is 14.2 Å². The maximum atomic E-state index is 12.3. The third kappa shape index (κ3) is 3.95. The molecule has 0 saturated heterocycles. The van der Waals surface area contributed by atoms with Crippen molar-refractivity contribution in [2.75, 3.05) is 21.3 Å². The number of carbonyl (C=O) groups is 1. The molecule has 0 fully saturated rings. The van der Waals surface area contributed by atoms with E-state index in [0.29, 0.717) is 22.8 Å². The Morgan fingerprint density at radius 3 is 2.20 bits per heavy atom. The van der Waals surface area contributed by atoms with Crippen molar-refractivity contribution in [2.45, 2.75) is 0 Å². The van der Waals surface area contributed by atoms with E-state index in [9.17, 15) is 14.9 Å². The summed E-state index contributed by atoms with van der Waals surface area (Å²) in [6.45, 7) is 0. The summed E-state index contributed by atoms with van der Waals surface area (Å²) in [7, 11) is 4.49. The van der Waals surface area contributed by atoms with E-state index in [2.05, 4.69) is 0 Å². The van der Waals surface area contributed by atoms with Crippen LogP contribution in [0.4, 0.5) is 5.69 Å². The summed E-state index contributed by atoms with van der Waals surface area (Å²) >= 11 is 0. The molecule has 0 aliphatic heterocycles. The van der Waals surface area contributed by atoms with Crippen LogP contribution in [0, 0.1) is 10.1 Å². The molecule has 0 bridgehead atoms. The summed E-state index contributed by atoms with van der Waals surface area (Å²) in [5.74, 6) is 0.955. The Kier molecular flexibility index (Phi) is 5.73. The van der Waals surface area contributed by atoms with Crippen molar-refractivity contribution < 1.29 is 23.9 Å². The van der Waals surface area contributed by atoms with Crippen LogP contribution in [0.5, 0.6) is 17.2 Å². The smallest absolute Gasteiger partial charge is 0.280 e. The van der Waals surface area contributed by atoms with Crippen molar-refractivity contribution in [3.8, 4) is 17.2 Å². The third-order valence-corrected chi connectivity index (χ3v) is 3.52. The molecule has 0 amide bonds. The predicted octanol–water partition coefficient (Wildman–Crippen LogP) is 3.52. The SMILES string of the molecule is COc1cc(OC)c(OC)cc1/C=C/C(=O)c1ccccc1[N+](=O)[O-]. The fourth-order valence-electron chi connectivity index (χ4n) is 2.28. The number of allylic oxidation sites excluding steroid dienone is 1. The van der Waals surface area contributed by atoms with Gasteiger partial charge in [-0.1, -0.05) is 12.1 Å². The number of para-hydroxylation sites is 1. The van der Waals surface area contributed by atoms with Crippen molar-refractivity contribution in [3.63, 3.8) is 0 Å². The average molecular weight is 343 g/mol. The van der Waals surface area contributed by atoms with Crippen molar-refractivity contribution in [3.05, 3.63) is 63.7 Å². The van der Waals surface area contributed by atoms with Crippen LogP contribution in [-0.4, -0.2) is 32.0 Å². The highest BCUT2D eigenvalue weighted by atomic mass is 16.6. The lowest BCUT2D eigenvalue weighted by Crippen LogP contribution is -2.01. The summed E-state index contributed by atoms with van der Waals surface area (Å²) in [5, 5.41) is 11.0. The molecular formula is C18H17NO6. The largest absolute Gasteiger partial charge is 0.496 e. The van der Waals surface area contributed by atoms with Gasteiger partial charge in [-0.25, -0.2) is 0 Å². The van der Waals surface area contributed by atoms with Gasteiger partial charge in [-0.3, -0.25) is 14.9 Å². The molecule has 0 unspecified atom stereocenters. The fraction of sp³-hybridized carbons (Fsp3) is 0.167. The summed E-state index contributed by atoms with van der Waals surface area (Å²) in [6, 6.07) is 9.07. The molecule has 0 heterocycles. The monoisotopic (exact) mass is 343 g/mol. The van der Waals surface area contributed by atoms with E-state index in [-0.39, 0.29) is 11.3 Å². The molecule has 0 N–H and O–H groups in total. The molecule has 0 aliphatic rings. The van der Waals surface area contributed by atoms with E-state index < -0.39 is 10.7 Å². The zero-order chi connectivity index (χ0) is 18.4. The van der Waals surface area contributed by atoms with Gasteiger partial charge in [-0.15, -0.1) is 0 Å². The molecule has 25 heavy (non-hydrogen) atoms. The van der Waals surface area contributed by atoms with E-state index >= 15 is 0 Å². The highest BCUT2D eigenvalue weighted by Gasteiger charge is 2.17. The van der Waals surface area contributed by atoms with Gasteiger partial charge in [0.25, 0.3) is 5.69 Å². The Balaban J connectivity index is 2.39. The van der Waals surface area contributed by atoms with Gasteiger partial charge in [0.05, 0.1) is 31.8 Å². The first-order chi connectivity index (χ1) is 12.0. The molecule has 0 atom stereocenters. The molecular weight excluding hydrogens is 326 g/mol. The van der Waals surface area contributed by atoms with E-state index in [4.69, 9.17) is 14.2 Å². The topological polar surface area (TPSA) is 87.9 Å². The van der Waals surface area contributed by atoms with Gasteiger partial charge in [-0.05, 0) is 24.3 Å². The highest BCUT2D eigenvalue weighted by Crippen LogP contribution is 2.35. The minimum atomic E-state index is -0.585. The number of nitro groups is 1. The van der Waals surface area contributed by atoms with Crippen LogP contribution in [-0.2, 0) is 0 Å². The van der Waals surface area contributed by atoms with Crippen LogP contribution in [0.15, 0.2) is 42.5 Å². The quantitative estimate of drug-likeness (QED) is 0.331. The molecule has 7 heteroatoms. The predicted molar refractivity (Wildman–Crippen MR) is 92.6 cm³/mol. The van der Waals surface area contributed by atoms with Crippen LogP contribution >= 0.6 is 0 Å². The minimum Gasteiger partial charge on any atom is -0.496 e. The van der Waals surface area contributed by atoms with Crippen molar-refractivity contribution in [1.29, 1.82) is 0 Å². The third-order valence-electron chi connectivity index (χ3n) is 3.52. The normalized spacial score (nSPS) is 10.5. The Hall–Kier alpha value is -3.35. The number of rotatable bonds is 7. The van der Waals surface area contributed by atoms with Crippen molar-refractivity contribution >= 4 is 17.5 Å².